The van der Waals surface area contributed by atoms with Crippen molar-refractivity contribution in [1.29, 1.82) is 0 Å². The maximum absolute atomic E-state index is 12.3. The highest BCUT2D eigenvalue weighted by atomic mass is 35.5. The minimum atomic E-state index is -3.55. The van der Waals surface area contributed by atoms with Crippen molar-refractivity contribution in [2.24, 2.45) is 5.92 Å². The van der Waals surface area contributed by atoms with Crippen LogP contribution in [0.3, 0.4) is 0 Å². The van der Waals surface area contributed by atoms with Crippen LogP contribution in [0.4, 0.5) is 0 Å². The number of rotatable bonds is 6. The fourth-order valence-electron chi connectivity index (χ4n) is 2.07. The molecule has 0 amide bonds. The zero-order valence-electron chi connectivity index (χ0n) is 11.1. The SMILES string of the molecule is CNCc1ccc(Cl)c(S(=O)(=O)NC(C)C2CC2)c1. The number of hydrogen-bond acceptors (Lipinski definition) is 3. The Hall–Kier alpha value is -0.620. The Morgan fingerprint density at radius 2 is 2.11 bits per heavy atom. The summed E-state index contributed by atoms with van der Waals surface area (Å²) in [6.07, 6.45) is 2.19. The summed E-state index contributed by atoms with van der Waals surface area (Å²) in [7, 11) is -1.73. The third-order valence-electron chi connectivity index (χ3n) is 3.34. The van der Waals surface area contributed by atoms with Crippen LogP contribution in [0.1, 0.15) is 25.3 Å². The van der Waals surface area contributed by atoms with Crippen molar-refractivity contribution in [1.82, 2.24) is 10.0 Å². The summed E-state index contributed by atoms with van der Waals surface area (Å²) >= 11 is 6.02. The lowest BCUT2D eigenvalue weighted by Crippen LogP contribution is -2.34. The summed E-state index contributed by atoms with van der Waals surface area (Å²) in [5.41, 5.74) is 0.895. The second kappa shape index (κ2) is 5.79. The molecule has 0 bridgehead atoms. The first kappa shape index (κ1) is 14.8. The summed E-state index contributed by atoms with van der Waals surface area (Å²) in [5, 5.41) is 3.25. The van der Waals surface area contributed by atoms with E-state index in [0.717, 1.165) is 18.4 Å². The molecule has 2 N–H and O–H groups in total. The molecular formula is C13H19ClN2O2S. The minimum Gasteiger partial charge on any atom is -0.316 e. The molecule has 1 unspecified atom stereocenters. The van der Waals surface area contributed by atoms with Crippen LogP contribution in [-0.2, 0) is 16.6 Å². The van der Waals surface area contributed by atoms with Gasteiger partial charge in [0.2, 0.25) is 10.0 Å². The maximum Gasteiger partial charge on any atom is 0.242 e. The van der Waals surface area contributed by atoms with E-state index in [1.54, 1.807) is 12.1 Å². The Bertz CT molecular complexity index is 556. The third kappa shape index (κ3) is 3.69. The molecule has 0 radical (unpaired) electrons. The summed E-state index contributed by atoms with van der Waals surface area (Å²) < 4.78 is 27.4. The smallest absolute Gasteiger partial charge is 0.242 e. The van der Waals surface area contributed by atoms with E-state index in [-0.39, 0.29) is 16.0 Å². The summed E-state index contributed by atoms with van der Waals surface area (Å²) in [5.74, 6) is 0.467. The van der Waals surface area contributed by atoms with Gasteiger partial charge in [-0.2, -0.15) is 0 Å². The van der Waals surface area contributed by atoms with E-state index in [9.17, 15) is 8.42 Å². The van der Waals surface area contributed by atoms with Gasteiger partial charge >= 0.3 is 0 Å². The van der Waals surface area contributed by atoms with Gasteiger partial charge in [-0.15, -0.1) is 0 Å². The van der Waals surface area contributed by atoms with Crippen LogP contribution in [0.25, 0.3) is 0 Å². The van der Waals surface area contributed by atoms with Crippen LogP contribution < -0.4 is 10.0 Å². The van der Waals surface area contributed by atoms with Crippen molar-refractivity contribution in [2.75, 3.05) is 7.05 Å². The van der Waals surface area contributed by atoms with Crippen molar-refractivity contribution in [3.63, 3.8) is 0 Å². The van der Waals surface area contributed by atoms with Crippen molar-refractivity contribution in [3.8, 4) is 0 Å². The predicted octanol–water partition coefficient (Wildman–Crippen LogP) is 2.14. The molecule has 1 aromatic carbocycles. The number of halogens is 1. The monoisotopic (exact) mass is 302 g/mol. The molecule has 1 aromatic rings. The number of nitrogens with one attached hydrogen (secondary N) is 2. The molecular weight excluding hydrogens is 284 g/mol. The van der Waals surface area contributed by atoms with Gasteiger partial charge in [0.25, 0.3) is 0 Å². The van der Waals surface area contributed by atoms with Crippen molar-refractivity contribution in [3.05, 3.63) is 28.8 Å². The van der Waals surface area contributed by atoms with Crippen LogP contribution in [0.15, 0.2) is 23.1 Å². The molecule has 1 atom stereocenters. The van der Waals surface area contributed by atoms with E-state index in [1.807, 2.05) is 20.0 Å². The van der Waals surface area contributed by atoms with Gasteiger partial charge in [-0.3, -0.25) is 0 Å². The molecule has 4 nitrogen and oxygen atoms in total. The van der Waals surface area contributed by atoms with Crippen LogP contribution in [0, 0.1) is 5.92 Å². The van der Waals surface area contributed by atoms with Crippen molar-refractivity contribution < 1.29 is 8.42 Å². The summed E-state index contributed by atoms with van der Waals surface area (Å²) in [6.45, 7) is 2.51. The summed E-state index contributed by atoms with van der Waals surface area (Å²) in [4.78, 5) is 0.161. The van der Waals surface area contributed by atoms with Crippen molar-refractivity contribution in [2.45, 2.75) is 37.2 Å². The first-order valence-corrected chi connectivity index (χ1v) is 8.25. The highest BCUT2D eigenvalue weighted by Crippen LogP contribution is 2.33. The lowest BCUT2D eigenvalue weighted by atomic mass is 10.2. The van der Waals surface area contributed by atoms with E-state index < -0.39 is 10.0 Å². The molecule has 0 aliphatic heterocycles. The first-order chi connectivity index (χ1) is 8.94. The van der Waals surface area contributed by atoms with Crippen LogP contribution >= 0.6 is 11.6 Å². The van der Waals surface area contributed by atoms with E-state index >= 15 is 0 Å². The molecule has 1 fully saturated rings. The number of sulfonamides is 1. The zero-order valence-corrected chi connectivity index (χ0v) is 12.7. The molecule has 2 rings (SSSR count). The fraction of sp³-hybridized carbons (Fsp3) is 0.538. The van der Waals surface area contributed by atoms with E-state index in [0.29, 0.717) is 12.5 Å². The average molecular weight is 303 g/mol. The molecule has 0 saturated heterocycles. The Labute approximate surface area is 119 Å². The standard InChI is InChI=1S/C13H19ClN2O2S/c1-9(11-4-5-11)16-19(17,18)13-7-10(8-15-2)3-6-12(13)14/h3,6-7,9,11,15-16H,4-5,8H2,1-2H3. The van der Waals surface area contributed by atoms with Gasteiger partial charge in [0.15, 0.2) is 0 Å². The largest absolute Gasteiger partial charge is 0.316 e. The van der Waals surface area contributed by atoms with Crippen LogP contribution in [0.2, 0.25) is 5.02 Å². The minimum absolute atomic E-state index is 0.0333. The Morgan fingerprint density at radius 1 is 1.42 bits per heavy atom. The number of hydrogen-bond donors (Lipinski definition) is 2. The third-order valence-corrected chi connectivity index (χ3v) is 5.38. The maximum atomic E-state index is 12.3. The van der Waals surface area contributed by atoms with Gasteiger partial charge in [-0.1, -0.05) is 17.7 Å². The zero-order chi connectivity index (χ0) is 14.0. The molecule has 0 heterocycles. The fourth-order valence-corrected chi connectivity index (χ4v) is 3.93. The number of benzene rings is 1. The topological polar surface area (TPSA) is 58.2 Å². The molecule has 106 valence electrons. The van der Waals surface area contributed by atoms with E-state index in [4.69, 9.17) is 11.6 Å². The Morgan fingerprint density at radius 3 is 2.68 bits per heavy atom. The van der Waals surface area contributed by atoms with E-state index in [1.165, 1.54) is 0 Å². The van der Waals surface area contributed by atoms with Crippen molar-refractivity contribution >= 4 is 21.6 Å². The highest BCUT2D eigenvalue weighted by Gasteiger charge is 2.31. The second-order valence-corrected chi connectivity index (χ2v) is 7.13. The van der Waals surface area contributed by atoms with Gasteiger partial charge < -0.3 is 5.32 Å². The van der Waals surface area contributed by atoms with Gasteiger partial charge in [0.1, 0.15) is 4.90 Å². The molecule has 1 aliphatic carbocycles. The van der Waals surface area contributed by atoms with E-state index in [2.05, 4.69) is 10.0 Å². The normalized spacial score (nSPS) is 17.4. The molecule has 0 aromatic heterocycles. The first-order valence-electron chi connectivity index (χ1n) is 6.39. The molecule has 1 aliphatic rings. The highest BCUT2D eigenvalue weighted by molar-refractivity contribution is 7.89. The van der Waals surface area contributed by atoms with Crippen LogP contribution in [-0.4, -0.2) is 21.5 Å². The lowest BCUT2D eigenvalue weighted by Gasteiger charge is -2.15. The molecule has 19 heavy (non-hydrogen) atoms. The lowest BCUT2D eigenvalue weighted by molar-refractivity contribution is 0.538. The van der Waals surface area contributed by atoms with Gasteiger partial charge in [0, 0.05) is 12.6 Å². The average Bonchev–Trinajstić information content (AvgIpc) is 3.15. The van der Waals surface area contributed by atoms with Crippen LogP contribution in [0.5, 0.6) is 0 Å². The van der Waals surface area contributed by atoms with Gasteiger partial charge in [-0.05, 0) is 50.4 Å². The second-order valence-electron chi connectivity index (χ2n) is 5.04. The van der Waals surface area contributed by atoms with Gasteiger partial charge in [0.05, 0.1) is 5.02 Å². The Kier molecular flexibility index (Phi) is 4.50. The molecule has 0 spiro atoms. The molecule has 1 saturated carbocycles. The quantitative estimate of drug-likeness (QED) is 0.846. The Balaban J connectivity index is 2.25. The molecule has 6 heteroatoms. The predicted molar refractivity (Wildman–Crippen MR) is 76.7 cm³/mol. The van der Waals surface area contributed by atoms with Gasteiger partial charge in [-0.25, -0.2) is 13.1 Å². The summed E-state index contributed by atoms with van der Waals surface area (Å²) in [6, 6.07) is 5.04.